The molecule has 0 spiro atoms. The van der Waals surface area contributed by atoms with Crippen molar-refractivity contribution in [2.24, 2.45) is 0 Å². The minimum atomic E-state index is 0.394. The van der Waals surface area contributed by atoms with Gasteiger partial charge >= 0.3 is 0 Å². The first-order chi connectivity index (χ1) is 8.25. The first-order valence-electron chi connectivity index (χ1n) is 6.44. The van der Waals surface area contributed by atoms with E-state index in [1.54, 1.807) is 6.07 Å². The predicted octanol–water partition coefficient (Wildman–Crippen LogP) is 1.97. The molecule has 1 heterocycles. The monoisotopic (exact) mass is 234 g/mol. The fourth-order valence-corrected chi connectivity index (χ4v) is 2.36. The minimum Gasteiger partial charge on any atom is -0.508 e. The Balaban J connectivity index is 1.83. The number of phenolic OH excluding ortho intramolecular Hbond substituents is 1. The number of likely N-dealkylation sites (tertiary alicyclic amines) is 1. The van der Waals surface area contributed by atoms with E-state index in [1.807, 2.05) is 18.2 Å². The van der Waals surface area contributed by atoms with Gasteiger partial charge in [0.1, 0.15) is 5.75 Å². The highest BCUT2D eigenvalue weighted by Crippen LogP contribution is 2.16. The number of para-hydroxylation sites is 1. The van der Waals surface area contributed by atoms with Crippen molar-refractivity contribution in [1.82, 2.24) is 10.2 Å². The number of phenols is 1. The smallest absolute Gasteiger partial charge is 0.120 e. The zero-order chi connectivity index (χ0) is 12.1. The molecule has 2 rings (SSSR count). The lowest BCUT2D eigenvalue weighted by molar-refractivity contribution is 0.343. The van der Waals surface area contributed by atoms with Gasteiger partial charge in [-0.3, -0.25) is 0 Å². The van der Waals surface area contributed by atoms with Crippen LogP contribution in [0.15, 0.2) is 24.3 Å². The molecule has 1 fully saturated rings. The molecule has 1 atom stereocenters. The van der Waals surface area contributed by atoms with Crippen molar-refractivity contribution in [3.63, 3.8) is 0 Å². The Bertz CT molecular complexity index is 354. The molecule has 3 heteroatoms. The summed E-state index contributed by atoms with van der Waals surface area (Å²) in [5.74, 6) is 0.394. The van der Waals surface area contributed by atoms with Crippen LogP contribution in [0.1, 0.15) is 24.8 Å². The van der Waals surface area contributed by atoms with Crippen LogP contribution in [0.5, 0.6) is 5.75 Å². The summed E-state index contributed by atoms with van der Waals surface area (Å²) in [6, 6.07) is 8.14. The summed E-state index contributed by atoms with van der Waals surface area (Å²) in [6.07, 6.45) is 3.69. The minimum absolute atomic E-state index is 0.394. The van der Waals surface area contributed by atoms with Crippen molar-refractivity contribution in [2.45, 2.75) is 31.8 Å². The lowest BCUT2D eigenvalue weighted by Crippen LogP contribution is -2.29. The summed E-state index contributed by atoms with van der Waals surface area (Å²) in [7, 11) is 2.19. The van der Waals surface area contributed by atoms with E-state index in [9.17, 15) is 5.11 Å². The molecular formula is C14H22N2O. The van der Waals surface area contributed by atoms with Crippen molar-refractivity contribution in [2.75, 3.05) is 20.1 Å². The molecule has 3 nitrogen and oxygen atoms in total. The molecule has 0 aromatic heterocycles. The summed E-state index contributed by atoms with van der Waals surface area (Å²) in [6.45, 7) is 3.13. The molecular weight excluding hydrogens is 212 g/mol. The van der Waals surface area contributed by atoms with Gasteiger partial charge in [-0.25, -0.2) is 0 Å². The largest absolute Gasteiger partial charge is 0.508 e. The van der Waals surface area contributed by atoms with Crippen LogP contribution in [0.2, 0.25) is 0 Å². The molecule has 2 N–H and O–H groups in total. The first kappa shape index (κ1) is 12.4. The van der Waals surface area contributed by atoms with Crippen LogP contribution in [0, 0.1) is 0 Å². The number of nitrogens with one attached hydrogen (secondary N) is 1. The standard InChI is InChI=1S/C14H22N2O/c1-16-9-4-6-13(8-10-16)15-11-12-5-2-3-7-14(12)17/h2-3,5,7,13,15,17H,4,6,8-11H2,1H3. The zero-order valence-corrected chi connectivity index (χ0v) is 10.5. The van der Waals surface area contributed by atoms with Crippen molar-refractivity contribution >= 4 is 0 Å². The molecule has 0 saturated carbocycles. The maximum absolute atomic E-state index is 9.69. The first-order valence-corrected chi connectivity index (χ1v) is 6.44. The fraction of sp³-hybridized carbons (Fsp3) is 0.571. The summed E-state index contributed by atoms with van der Waals surface area (Å²) >= 11 is 0. The SMILES string of the molecule is CN1CCCC(NCc2ccccc2O)CC1. The van der Waals surface area contributed by atoms with Gasteiger partial charge in [0.2, 0.25) is 0 Å². The molecule has 1 aromatic carbocycles. The Morgan fingerprint density at radius 1 is 1.29 bits per heavy atom. The van der Waals surface area contributed by atoms with Crippen LogP contribution >= 0.6 is 0 Å². The van der Waals surface area contributed by atoms with Gasteiger partial charge < -0.3 is 15.3 Å². The molecule has 1 aromatic rings. The lowest BCUT2D eigenvalue weighted by atomic mass is 10.1. The van der Waals surface area contributed by atoms with E-state index in [0.29, 0.717) is 11.8 Å². The van der Waals surface area contributed by atoms with Gasteiger partial charge in [0.25, 0.3) is 0 Å². The van der Waals surface area contributed by atoms with Gasteiger partial charge in [-0.15, -0.1) is 0 Å². The quantitative estimate of drug-likeness (QED) is 0.839. The van der Waals surface area contributed by atoms with Crippen molar-refractivity contribution in [3.05, 3.63) is 29.8 Å². The van der Waals surface area contributed by atoms with Gasteiger partial charge in [0, 0.05) is 18.2 Å². The molecule has 1 aliphatic heterocycles. The Labute approximate surface area is 103 Å². The van der Waals surface area contributed by atoms with Crippen LogP contribution < -0.4 is 5.32 Å². The Morgan fingerprint density at radius 2 is 2.12 bits per heavy atom. The number of hydrogen-bond acceptors (Lipinski definition) is 3. The van der Waals surface area contributed by atoms with Crippen molar-refractivity contribution in [1.29, 1.82) is 0 Å². The number of hydrogen-bond donors (Lipinski definition) is 2. The molecule has 17 heavy (non-hydrogen) atoms. The highest BCUT2D eigenvalue weighted by atomic mass is 16.3. The van der Waals surface area contributed by atoms with Gasteiger partial charge in [-0.2, -0.15) is 0 Å². The fourth-order valence-electron chi connectivity index (χ4n) is 2.36. The highest BCUT2D eigenvalue weighted by molar-refractivity contribution is 5.31. The second-order valence-electron chi connectivity index (χ2n) is 4.94. The predicted molar refractivity (Wildman–Crippen MR) is 70.1 cm³/mol. The van der Waals surface area contributed by atoms with Crippen LogP contribution in [0.25, 0.3) is 0 Å². The molecule has 1 unspecified atom stereocenters. The van der Waals surface area contributed by atoms with E-state index < -0.39 is 0 Å². The van der Waals surface area contributed by atoms with Crippen LogP contribution in [0.4, 0.5) is 0 Å². The van der Waals surface area contributed by atoms with E-state index in [2.05, 4.69) is 17.3 Å². The Hall–Kier alpha value is -1.06. The molecule has 0 bridgehead atoms. The maximum atomic E-state index is 9.69. The zero-order valence-electron chi connectivity index (χ0n) is 10.5. The van der Waals surface area contributed by atoms with Crippen LogP contribution in [-0.2, 0) is 6.54 Å². The second-order valence-corrected chi connectivity index (χ2v) is 4.94. The summed E-state index contributed by atoms with van der Waals surface area (Å²) in [5.41, 5.74) is 0.991. The number of aromatic hydroxyl groups is 1. The molecule has 0 radical (unpaired) electrons. The number of benzene rings is 1. The van der Waals surface area contributed by atoms with E-state index in [4.69, 9.17) is 0 Å². The second kappa shape index (κ2) is 6.03. The van der Waals surface area contributed by atoms with Gasteiger partial charge in [0.05, 0.1) is 0 Å². The maximum Gasteiger partial charge on any atom is 0.120 e. The third-order valence-corrected chi connectivity index (χ3v) is 3.52. The lowest BCUT2D eigenvalue weighted by Gasteiger charge is -2.17. The average Bonchev–Trinajstić information content (AvgIpc) is 2.53. The van der Waals surface area contributed by atoms with E-state index in [1.165, 1.54) is 32.4 Å². The van der Waals surface area contributed by atoms with Crippen LogP contribution in [0.3, 0.4) is 0 Å². The normalized spacial score (nSPS) is 22.3. The molecule has 94 valence electrons. The number of rotatable bonds is 3. The topological polar surface area (TPSA) is 35.5 Å². The molecule has 0 amide bonds. The van der Waals surface area contributed by atoms with Gasteiger partial charge in [-0.1, -0.05) is 18.2 Å². The Kier molecular flexibility index (Phi) is 4.40. The average molecular weight is 234 g/mol. The summed E-state index contributed by atoms with van der Waals surface area (Å²) in [5, 5.41) is 13.2. The van der Waals surface area contributed by atoms with Gasteiger partial charge in [-0.05, 0) is 45.5 Å². The van der Waals surface area contributed by atoms with Crippen molar-refractivity contribution in [3.8, 4) is 5.75 Å². The molecule has 0 aliphatic carbocycles. The molecule has 1 aliphatic rings. The molecule has 1 saturated heterocycles. The van der Waals surface area contributed by atoms with E-state index in [0.717, 1.165) is 12.1 Å². The Morgan fingerprint density at radius 3 is 2.94 bits per heavy atom. The third-order valence-electron chi connectivity index (χ3n) is 3.52. The van der Waals surface area contributed by atoms with E-state index in [-0.39, 0.29) is 0 Å². The number of nitrogens with zero attached hydrogens (tertiary/aromatic N) is 1. The highest BCUT2D eigenvalue weighted by Gasteiger charge is 2.14. The summed E-state index contributed by atoms with van der Waals surface area (Å²) in [4.78, 5) is 2.39. The van der Waals surface area contributed by atoms with E-state index >= 15 is 0 Å². The van der Waals surface area contributed by atoms with Crippen LogP contribution in [-0.4, -0.2) is 36.2 Å². The van der Waals surface area contributed by atoms with Gasteiger partial charge in [0.15, 0.2) is 0 Å². The third kappa shape index (κ3) is 3.72. The summed E-state index contributed by atoms with van der Waals surface area (Å²) < 4.78 is 0. The van der Waals surface area contributed by atoms with Crippen molar-refractivity contribution < 1.29 is 5.11 Å².